The highest BCUT2D eigenvalue weighted by molar-refractivity contribution is 14.0. The van der Waals surface area contributed by atoms with Crippen LogP contribution in [0.4, 0.5) is 0 Å². The lowest BCUT2D eigenvalue weighted by Crippen LogP contribution is -2.36. The minimum atomic E-state index is 0. The topological polar surface area (TPSA) is 49.3 Å². The Balaban J connectivity index is 0.00000264. The van der Waals surface area contributed by atoms with Crippen molar-refractivity contribution in [2.24, 2.45) is 4.99 Å². The monoisotopic (exact) mass is 462 g/mol. The maximum absolute atomic E-state index is 4.35. The summed E-state index contributed by atoms with van der Waals surface area (Å²) in [5.74, 6) is 0.792. The molecule has 0 bridgehead atoms. The van der Waals surface area contributed by atoms with Gasteiger partial charge in [-0.3, -0.25) is 4.99 Å². The Kier molecular flexibility index (Phi) is 8.93. The molecule has 2 aromatic rings. The highest BCUT2D eigenvalue weighted by Crippen LogP contribution is 2.21. The Morgan fingerprint density at radius 3 is 2.61 bits per heavy atom. The van der Waals surface area contributed by atoms with Crippen LogP contribution in [0.15, 0.2) is 34.3 Å². The van der Waals surface area contributed by atoms with E-state index in [9.17, 15) is 0 Å². The zero-order chi connectivity index (χ0) is 15.9. The summed E-state index contributed by atoms with van der Waals surface area (Å²) in [5.41, 5.74) is 2.57. The fraction of sp³-hybridized carbons (Fsp3) is 0.375. The molecule has 0 aliphatic rings. The zero-order valence-electron chi connectivity index (χ0n) is 13.8. The summed E-state index contributed by atoms with van der Waals surface area (Å²) in [7, 11) is 1.78. The van der Waals surface area contributed by atoms with Crippen molar-refractivity contribution >= 4 is 53.0 Å². The van der Waals surface area contributed by atoms with Gasteiger partial charge in [0.25, 0.3) is 0 Å². The van der Waals surface area contributed by atoms with Crippen molar-refractivity contribution < 1.29 is 0 Å². The Bertz CT molecular complexity index is 655. The number of thiazole rings is 1. The first-order valence-corrected chi connectivity index (χ1v) is 9.16. The van der Waals surface area contributed by atoms with Gasteiger partial charge in [-0.1, -0.05) is 12.1 Å². The van der Waals surface area contributed by atoms with Gasteiger partial charge in [-0.25, -0.2) is 4.98 Å². The van der Waals surface area contributed by atoms with Crippen LogP contribution in [0.5, 0.6) is 0 Å². The molecule has 0 unspecified atom stereocenters. The second-order valence-electron chi connectivity index (χ2n) is 4.96. The number of hydrogen-bond donors (Lipinski definition) is 2. The highest BCUT2D eigenvalue weighted by Gasteiger charge is 2.05. The van der Waals surface area contributed by atoms with E-state index in [4.69, 9.17) is 0 Å². The van der Waals surface area contributed by atoms with Crippen molar-refractivity contribution in [3.05, 3.63) is 45.4 Å². The van der Waals surface area contributed by atoms with Gasteiger partial charge in [-0.05, 0) is 37.3 Å². The molecule has 0 atom stereocenters. The molecule has 4 nitrogen and oxygen atoms in total. The Morgan fingerprint density at radius 1 is 1.26 bits per heavy atom. The van der Waals surface area contributed by atoms with Crippen molar-refractivity contribution in [3.8, 4) is 0 Å². The SMILES string of the molecule is CN=C(NCc1ncc(C)s1)NCc1ccc(C)cc1SC.I. The molecule has 1 heterocycles. The van der Waals surface area contributed by atoms with Gasteiger partial charge >= 0.3 is 0 Å². The number of thioether (sulfide) groups is 1. The number of halogens is 1. The number of aryl methyl sites for hydroxylation is 2. The number of guanidine groups is 1. The summed E-state index contributed by atoms with van der Waals surface area (Å²) in [6, 6.07) is 6.53. The summed E-state index contributed by atoms with van der Waals surface area (Å²) >= 11 is 3.48. The van der Waals surface area contributed by atoms with E-state index >= 15 is 0 Å². The van der Waals surface area contributed by atoms with E-state index in [1.54, 1.807) is 30.1 Å². The van der Waals surface area contributed by atoms with E-state index < -0.39 is 0 Å². The Labute approximate surface area is 163 Å². The van der Waals surface area contributed by atoms with Crippen LogP contribution < -0.4 is 10.6 Å². The fourth-order valence-corrected chi connectivity index (χ4v) is 3.47. The van der Waals surface area contributed by atoms with Gasteiger partial charge in [0.05, 0.1) is 6.54 Å². The molecule has 0 saturated heterocycles. The number of nitrogens with zero attached hydrogens (tertiary/aromatic N) is 2. The number of aliphatic imine (C=N–C) groups is 1. The quantitative estimate of drug-likeness (QED) is 0.306. The summed E-state index contributed by atoms with van der Waals surface area (Å²) in [6.45, 7) is 5.64. The minimum absolute atomic E-state index is 0. The molecule has 0 amide bonds. The van der Waals surface area contributed by atoms with Gasteiger partial charge in [-0.2, -0.15) is 0 Å². The third-order valence-corrected chi connectivity index (χ3v) is 4.92. The normalized spacial score (nSPS) is 11.0. The summed E-state index contributed by atoms with van der Waals surface area (Å²) < 4.78 is 0. The molecule has 1 aromatic carbocycles. The third-order valence-electron chi connectivity index (χ3n) is 3.19. The smallest absolute Gasteiger partial charge is 0.191 e. The second kappa shape index (κ2) is 10.1. The van der Waals surface area contributed by atoms with Gasteiger partial charge in [0.1, 0.15) is 5.01 Å². The molecule has 0 fully saturated rings. The van der Waals surface area contributed by atoms with Gasteiger partial charge in [0.2, 0.25) is 0 Å². The van der Waals surface area contributed by atoms with Crippen molar-refractivity contribution in [3.63, 3.8) is 0 Å². The lowest BCUT2D eigenvalue weighted by Gasteiger charge is -2.13. The van der Waals surface area contributed by atoms with Gasteiger partial charge < -0.3 is 10.6 Å². The van der Waals surface area contributed by atoms with Crippen LogP contribution in [0.2, 0.25) is 0 Å². The van der Waals surface area contributed by atoms with E-state index in [2.05, 4.69) is 58.9 Å². The van der Waals surface area contributed by atoms with Gasteiger partial charge in [0, 0.05) is 29.6 Å². The lowest BCUT2D eigenvalue weighted by molar-refractivity contribution is 0.797. The summed E-state index contributed by atoms with van der Waals surface area (Å²) in [5, 5.41) is 7.73. The predicted molar refractivity (Wildman–Crippen MR) is 112 cm³/mol. The first-order valence-electron chi connectivity index (χ1n) is 7.11. The van der Waals surface area contributed by atoms with Crippen molar-refractivity contribution in [2.45, 2.75) is 31.8 Å². The second-order valence-corrected chi connectivity index (χ2v) is 7.13. The lowest BCUT2D eigenvalue weighted by atomic mass is 10.1. The van der Waals surface area contributed by atoms with E-state index in [0.717, 1.165) is 17.5 Å². The van der Waals surface area contributed by atoms with E-state index in [1.165, 1.54) is 20.9 Å². The molecule has 0 saturated carbocycles. The molecule has 0 aliphatic carbocycles. The largest absolute Gasteiger partial charge is 0.352 e. The van der Waals surface area contributed by atoms with Crippen LogP contribution in [0.3, 0.4) is 0 Å². The van der Waals surface area contributed by atoms with Gasteiger partial charge in [0.15, 0.2) is 5.96 Å². The van der Waals surface area contributed by atoms with Crippen LogP contribution in [-0.2, 0) is 13.1 Å². The predicted octanol–water partition coefficient (Wildman–Crippen LogP) is 3.97. The van der Waals surface area contributed by atoms with E-state index in [-0.39, 0.29) is 24.0 Å². The van der Waals surface area contributed by atoms with Crippen molar-refractivity contribution in [2.75, 3.05) is 13.3 Å². The molecule has 126 valence electrons. The zero-order valence-corrected chi connectivity index (χ0v) is 17.8. The summed E-state index contributed by atoms with van der Waals surface area (Å²) in [4.78, 5) is 11.1. The number of nitrogens with one attached hydrogen (secondary N) is 2. The molecule has 2 N–H and O–H groups in total. The Morgan fingerprint density at radius 2 is 2.00 bits per heavy atom. The van der Waals surface area contributed by atoms with Crippen LogP contribution >= 0.6 is 47.1 Å². The van der Waals surface area contributed by atoms with Crippen LogP contribution in [0, 0.1) is 13.8 Å². The molecule has 0 radical (unpaired) electrons. The van der Waals surface area contributed by atoms with E-state index in [1.807, 2.05) is 6.20 Å². The van der Waals surface area contributed by atoms with Crippen LogP contribution in [0.1, 0.15) is 21.0 Å². The molecular formula is C16H23IN4S2. The standard InChI is InChI=1S/C16H22N4S2.HI/c1-11-5-6-13(14(7-11)21-4)9-19-16(17-3)20-10-15-18-8-12(2)22-15;/h5-8H,9-10H2,1-4H3,(H2,17,19,20);1H. The molecule has 0 spiro atoms. The fourth-order valence-electron chi connectivity index (χ4n) is 2.04. The maximum atomic E-state index is 4.35. The maximum Gasteiger partial charge on any atom is 0.191 e. The first kappa shape index (κ1) is 20.2. The van der Waals surface area contributed by atoms with Crippen LogP contribution in [0.25, 0.3) is 0 Å². The molecule has 7 heteroatoms. The molecule has 2 rings (SSSR count). The third kappa shape index (κ3) is 6.31. The summed E-state index contributed by atoms with van der Waals surface area (Å²) in [6.07, 6.45) is 4.01. The molecule has 23 heavy (non-hydrogen) atoms. The average Bonchev–Trinajstić information content (AvgIpc) is 2.94. The number of rotatable bonds is 5. The molecule has 0 aliphatic heterocycles. The molecule has 1 aromatic heterocycles. The van der Waals surface area contributed by atoms with Crippen LogP contribution in [-0.4, -0.2) is 24.2 Å². The average molecular weight is 462 g/mol. The number of hydrogen-bond acceptors (Lipinski definition) is 4. The number of aromatic nitrogens is 1. The molecular weight excluding hydrogens is 439 g/mol. The van der Waals surface area contributed by atoms with Gasteiger partial charge in [-0.15, -0.1) is 47.1 Å². The number of benzene rings is 1. The van der Waals surface area contributed by atoms with Crippen molar-refractivity contribution in [1.82, 2.24) is 15.6 Å². The van der Waals surface area contributed by atoms with E-state index in [0.29, 0.717) is 6.54 Å². The first-order chi connectivity index (χ1) is 10.6. The Hall–Kier alpha value is -0.800. The highest BCUT2D eigenvalue weighted by atomic mass is 127. The van der Waals surface area contributed by atoms with Crippen molar-refractivity contribution in [1.29, 1.82) is 0 Å². The minimum Gasteiger partial charge on any atom is -0.352 e.